The Morgan fingerprint density at radius 2 is 1.63 bits per heavy atom. The smallest absolute Gasteiger partial charge is 0.260 e. The molecule has 0 saturated carbocycles. The minimum atomic E-state index is -0.537. The summed E-state index contributed by atoms with van der Waals surface area (Å²) < 4.78 is 1.89. The number of anilines is 1. The van der Waals surface area contributed by atoms with Gasteiger partial charge in [0.25, 0.3) is 5.91 Å². The van der Waals surface area contributed by atoms with Gasteiger partial charge in [-0.25, -0.2) is 4.68 Å². The first-order valence-electron chi connectivity index (χ1n) is 10.3. The zero-order chi connectivity index (χ0) is 21.4. The van der Waals surface area contributed by atoms with Crippen molar-refractivity contribution < 1.29 is 4.79 Å². The van der Waals surface area contributed by atoms with Crippen LogP contribution in [-0.4, -0.2) is 20.8 Å². The summed E-state index contributed by atoms with van der Waals surface area (Å²) in [5, 5.41) is 8.44. The molecule has 6 heteroatoms. The number of aromatic nitrogens is 2. The minimum Gasteiger partial charge on any atom is -0.346 e. The average Bonchev–Trinajstić information content (AvgIpc) is 3.21. The van der Waals surface area contributed by atoms with Crippen LogP contribution in [0.2, 0.25) is 0 Å². The van der Waals surface area contributed by atoms with Crippen LogP contribution in [-0.2, 0) is 17.6 Å². The molecule has 2 heterocycles. The third-order valence-corrected chi connectivity index (χ3v) is 6.06. The van der Waals surface area contributed by atoms with Crippen LogP contribution >= 0.6 is 12.2 Å². The maximum atomic E-state index is 13.6. The Morgan fingerprint density at radius 1 is 1.00 bits per heavy atom. The highest BCUT2D eigenvalue weighted by molar-refractivity contribution is 7.80. The van der Waals surface area contributed by atoms with E-state index in [2.05, 4.69) is 31.3 Å². The molecule has 1 aliphatic rings. The normalized spacial score (nSPS) is 16.3. The summed E-state index contributed by atoms with van der Waals surface area (Å²) in [7, 11) is 0. The molecule has 154 valence electrons. The lowest BCUT2D eigenvalue weighted by Gasteiger charge is -2.22. The predicted molar refractivity (Wildman–Crippen MR) is 124 cm³/mol. The van der Waals surface area contributed by atoms with Crippen molar-refractivity contribution in [2.45, 2.75) is 46.6 Å². The number of hydrogen-bond donors (Lipinski definition) is 1. The number of hydrogen-bond acceptors (Lipinski definition) is 3. The van der Waals surface area contributed by atoms with Gasteiger partial charge in [-0.2, -0.15) is 5.10 Å². The van der Waals surface area contributed by atoms with E-state index in [1.165, 1.54) is 0 Å². The van der Waals surface area contributed by atoms with Gasteiger partial charge in [0.05, 0.1) is 17.1 Å². The van der Waals surface area contributed by atoms with E-state index in [1.807, 2.05) is 54.9 Å². The molecule has 5 nitrogen and oxygen atoms in total. The fraction of sp³-hybridized carbons (Fsp3) is 0.292. The summed E-state index contributed by atoms with van der Waals surface area (Å²) in [6.07, 6.45) is 1.68. The van der Waals surface area contributed by atoms with Gasteiger partial charge in [0.15, 0.2) is 5.11 Å². The van der Waals surface area contributed by atoms with E-state index in [-0.39, 0.29) is 5.91 Å². The third-order valence-electron chi connectivity index (χ3n) is 5.76. The minimum absolute atomic E-state index is 0.0468. The van der Waals surface area contributed by atoms with E-state index in [9.17, 15) is 4.79 Å². The molecule has 1 fully saturated rings. The lowest BCUT2D eigenvalue weighted by atomic mass is 10.0. The molecular formula is C24H26N4OS. The van der Waals surface area contributed by atoms with Crippen LogP contribution < -0.4 is 10.2 Å². The average molecular weight is 419 g/mol. The van der Waals surface area contributed by atoms with Crippen LogP contribution in [0.1, 0.15) is 48.0 Å². The molecule has 1 saturated heterocycles. The van der Waals surface area contributed by atoms with E-state index >= 15 is 0 Å². The van der Waals surface area contributed by atoms with E-state index in [0.29, 0.717) is 5.11 Å². The number of para-hydroxylation sites is 2. The maximum Gasteiger partial charge on any atom is 0.260 e. The number of rotatable bonds is 5. The molecule has 0 bridgehead atoms. The monoisotopic (exact) mass is 418 g/mol. The zero-order valence-corrected chi connectivity index (χ0v) is 18.6. The predicted octanol–water partition coefficient (Wildman–Crippen LogP) is 4.58. The molecule has 1 aromatic heterocycles. The second kappa shape index (κ2) is 8.03. The SMILES string of the molecule is CCc1cccc(CC)c1N1C(=O)[C@H](c2c(C)nn(-c3ccccc3)c2C)NC1=S. The van der Waals surface area contributed by atoms with Crippen molar-refractivity contribution in [2.24, 2.45) is 0 Å². The summed E-state index contributed by atoms with van der Waals surface area (Å²) in [5.74, 6) is -0.0468. The standard InChI is InChI=1S/C24H26N4OS/c1-5-17-11-10-12-18(6-2)22(17)27-23(29)21(25-24(27)30)20-15(3)26-28(16(20)4)19-13-8-7-9-14-19/h7-14,21H,5-6H2,1-4H3,(H,25,30)/t21-/m0/s1. The fourth-order valence-corrected chi connectivity index (χ4v) is 4.58. The van der Waals surface area contributed by atoms with Crippen molar-refractivity contribution >= 4 is 28.9 Å². The van der Waals surface area contributed by atoms with Crippen LogP contribution in [0.15, 0.2) is 48.5 Å². The lowest BCUT2D eigenvalue weighted by molar-refractivity contribution is -0.118. The molecule has 1 atom stereocenters. The highest BCUT2D eigenvalue weighted by Crippen LogP contribution is 2.35. The third kappa shape index (κ3) is 3.21. The topological polar surface area (TPSA) is 50.2 Å². The summed E-state index contributed by atoms with van der Waals surface area (Å²) in [4.78, 5) is 15.3. The van der Waals surface area contributed by atoms with E-state index in [0.717, 1.165) is 52.3 Å². The van der Waals surface area contributed by atoms with Gasteiger partial charge in [0, 0.05) is 11.3 Å². The molecule has 2 aromatic carbocycles. The molecule has 0 spiro atoms. The number of nitrogens with zero attached hydrogens (tertiary/aromatic N) is 3. The maximum absolute atomic E-state index is 13.6. The number of amides is 1. The Kier molecular flexibility index (Phi) is 5.43. The van der Waals surface area contributed by atoms with Gasteiger partial charge in [-0.3, -0.25) is 9.69 Å². The largest absolute Gasteiger partial charge is 0.346 e. The van der Waals surface area contributed by atoms with E-state index < -0.39 is 6.04 Å². The Labute approximate surface area is 182 Å². The van der Waals surface area contributed by atoms with Crippen LogP contribution in [0.3, 0.4) is 0 Å². The molecule has 0 aliphatic carbocycles. The van der Waals surface area contributed by atoms with Crippen molar-refractivity contribution in [2.75, 3.05) is 4.90 Å². The zero-order valence-electron chi connectivity index (χ0n) is 17.8. The van der Waals surface area contributed by atoms with Gasteiger partial charge in [-0.15, -0.1) is 0 Å². The molecule has 1 N–H and O–H groups in total. The molecule has 0 unspecified atom stereocenters. The number of aryl methyl sites for hydroxylation is 3. The fourth-order valence-electron chi connectivity index (χ4n) is 4.28. The number of thiocarbonyl (C=S) groups is 1. The molecule has 3 aromatic rings. The van der Waals surface area contributed by atoms with Gasteiger partial charge in [0.1, 0.15) is 6.04 Å². The van der Waals surface area contributed by atoms with Crippen LogP contribution in [0.5, 0.6) is 0 Å². The van der Waals surface area contributed by atoms with Gasteiger partial charge >= 0.3 is 0 Å². The van der Waals surface area contributed by atoms with Crippen molar-refractivity contribution in [1.29, 1.82) is 0 Å². The summed E-state index contributed by atoms with van der Waals surface area (Å²) in [5.41, 5.74) is 6.81. The van der Waals surface area contributed by atoms with Crippen molar-refractivity contribution in [3.8, 4) is 5.69 Å². The molecule has 0 radical (unpaired) electrons. The summed E-state index contributed by atoms with van der Waals surface area (Å²) >= 11 is 5.65. The molecule has 4 rings (SSSR count). The Hall–Kier alpha value is -2.99. The van der Waals surface area contributed by atoms with Gasteiger partial charge < -0.3 is 5.32 Å². The Morgan fingerprint density at radius 3 is 2.23 bits per heavy atom. The first-order valence-corrected chi connectivity index (χ1v) is 10.8. The van der Waals surface area contributed by atoms with Gasteiger partial charge in [0.2, 0.25) is 0 Å². The molecule has 1 amide bonds. The van der Waals surface area contributed by atoms with Crippen molar-refractivity contribution in [3.63, 3.8) is 0 Å². The first kappa shape index (κ1) is 20.3. The lowest BCUT2D eigenvalue weighted by Crippen LogP contribution is -2.32. The van der Waals surface area contributed by atoms with E-state index in [1.54, 1.807) is 4.90 Å². The number of nitrogens with one attached hydrogen (secondary N) is 1. The van der Waals surface area contributed by atoms with Crippen LogP contribution in [0, 0.1) is 13.8 Å². The van der Waals surface area contributed by atoms with Crippen LogP contribution in [0.4, 0.5) is 5.69 Å². The van der Waals surface area contributed by atoms with Crippen LogP contribution in [0.25, 0.3) is 5.69 Å². The number of carbonyl (C=O) groups excluding carboxylic acids is 1. The number of carbonyl (C=O) groups is 1. The van der Waals surface area contributed by atoms with Gasteiger partial charge in [-0.05, 0) is 62.2 Å². The number of benzene rings is 2. The Balaban J connectivity index is 1.78. The van der Waals surface area contributed by atoms with E-state index in [4.69, 9.17) is 17.3 Å². The summed E-state index contributed by atoms with van der Waals surface area (Å²) in [6.45, 7) is 8.15. The Bertz CT molecular complexity index is 1100. The van der Waals surface area contributed by atoms with Gasteiger partial charge in [-0.1, -0.05) is 50.2 Å². The molecular weight excluding hydrogens is 392 g/mol. The quantitative estimate of drug-likeness (QED) is 0.617. The first-order chi connectivity index (χ1) is 14.5. The molecule has 1 aliphatic heterocycles. The summed E-state index contributed by atoms with van der Waals surface area (Å²) in [6, 6.07) is 15.6. The van der Waals surface area contributed by atoms with Crippen molar-refractivity contribution in [3.05, 3.63) is 76.6 Å². The second-order valence-electron chi connectivity index (χ2n) is 7.52. The molecule has 30 heavy (non-hydrogen) atoms. The second-order valence-corrected chi connectivity index (χ2v) is 7.91. The highest BCUT2D eigenvalue weighted by atomic mass is 32.1. The highest BCUT2D eigenvalue weighted by Gasteiger charge is 2.41. The van der Waals surface area contributed by atoms with Crippen molar-refractivity contribution in [1.82, 2.24) is 15.1 Å².